The largest absolute Gasteiger partial charge is 0.504 e. The molecule has 146 valence electrons. The maximum Gasteiger partial charge on any atom is 0.352 e. The summed E-state index contributed by atoms with van der Waals surface area (Å²) < 4.78 is 0. The second kappa shape index (κ2) is 9.48. The molecule has 27 heavy (non-hydrogen) atoms. The zero-order valence-electron chi connectivity index (χ0n) is 14.3. The lowest BCUT2D eigenvalue weighted by Crippen LogP contribution is -2.41. The van der Waals surface area contributed by atoms with Crippen LogP contribution in [-0.2, 0) is 19.2 Å². The van der Waals surface area contributed by atoms with E-state index in [1.54, 1.807) is 0 Å². The normalized spacial score (nSPS) is 12.1. The van der Waals surface area contributed by atoms with Crippen LogP contribution < -0.4 is 10.6 Å². The summed E-state index contributed by atoms with van der Waals surface area (Å²) in [5.41, 5.74) is -0.362. The molecule has 0 aliphatic carbocycles. The fourth-order valence-electron chi connectivity index (χ4n) is 1.92. The van der Waals surface area contributed by atoms with E-state index in [1.807, 2.05) is 0 Å². The number of phenols is 2. The summed E-state index contributed by atoms with van der Waals surface area (Å²) in [6.07, 6.45) is 1.05. The van der Waals surface area contributed by atoms with Gasteiger partial charge < -0.3 is 31.1 Å². The first-order valence-electron chi connectivity index (χ1n) is 7.43. The van der Waals surface area contributed by atoms with Crippen molar-refractivity contribution in [3.8, 4) is 11.5 Å². The van der Waals surface area contributed by atoms with E-state index in [1.165, 1.54) is 6.07 Å². The van der Waals surface area contributed by atoms with Crippen LogP contribution in [0.2, 0.25) is 0 Å². The van der Waals surface area contributed by atoms with Crippen molar-refractivity contribution < 1.29 is 39.6 Å². The summed E-state index contributed by atoms with van der Waals surface area (Å²) >= 11 is 0.783. The Morgan fingerprint density at radius 2 is 1.74 bits per heavy atom. The summed E-state index contributed by atoms with van der Waals surface area (Å²) in [6, 6.07) is 1.12. The van der Waals surface area contributed by atoms with Gasteiger partial charge in [-0.05, 0) is 23.8 Å². The number of carboxylic acid groups (broad SMARTS) is 2. The van der Waals surface area contributed by atoms with Crippen LogP contribution in [0.5, 0.6) is 11.5 Å². The second-order valence-corrected chi connectivity index (χ2v) is 6.33. The van der Waals surface area contributed by atoms with Crippen molar-refractivity contribution in [1.82, 2.24) is 10.6 Å². The van der Waals surface area contributed by atoms with Gasteiger partial charge in [0.05, 0.1) is 4.90 Å². The fraction of sp³-hybridized carbons (Fsp3) is 0.250. The lowest BCUT2D eigenvalue weighted by atomic mass is 10.1. The van der Waals surface area contributed by atoms with Crippen molar-refractivity contribution in [2.45, 2.75) is 24.8 Å². The van der Waals surface area contributed by atoms with Crippen LogP contribution in [0.15, 0.2) is 22.7 Å². The Labute approximate surface area is 157 Å². The Morgan fingerprint density at radius 1 is 1.11 bits per heavy atom. The molecule has 0 saturated heterocycles. The quantitative estimate of drug-likeness (QED) is 0.205. The minimum Gasteiger partial charge on any atom is -0.504 e. The van der Waals surface area contributed by atoms with E-state index in [0.717, 1.165) is 37.8 Å². The Bertz CT molecular complexity index is 806. The SMILES string of the molecule is CC(=O)N/C(=C\c1ccc(O)c(O)c1SC[C@H](NC(C)=O)C(=O)O)C(=O)O. The van der Waals surface area contributed by atoms with Crippen LogP contribution in [0.4, 0.5) is 0 Å². The molecule has 0 spiro atoms. The molecule has 6 N–H and O–H groups in total. The van der Waals surface area contributed by atoms with Crippen LogP contribution in [0, 0.1) is 0 Å². The number of phenolic OH excluding ortho intramolecular Hbond substituents is 2. The van der Waals surface area contributed by atoms with Gasteiger partial charge in [-0.2, -0.15) is 0 Å². The third-order valence-corrected chi connectivity index (χ3v) is 4.27. The van der Waals surface area contributed by atoms with Crippen LogP contribution in [0.25, 0.3) is 6.08 Å². The number of carboxylic acids is 2. The zero-order chi connectivity index (χ0) is 20.7. The van der Waals surface area contributed by atoms with Gasteiger partial charge in [-0.3, -0.25) is 9.59 Å². The maximum absolute atomic E-state index is 11.3. The van der Waals surface area contributed by atoms with Gasteiger partial charge in [0.15, 0.2) is 11.5 Å². The Balaban J connectivity index is 3.27. The van der Waals surface area contributed by atoms with Gasteiger partial charge in [0.25, 0.3) is 0 Å². The number of hydrogen-bond donors (Lipinski definition) is 6. The van der Waals surface area contributed by atoms with Gasteiger partial charge in [-0.15, -0.1) is 11.8 Å². The maximum atomic E-state index is 11.3. The highest BCUT2D eigenvalue weighted by Gasteiger charge is 2.22. The average Bonchev–Trinajstić information content (AvgIpc) is 2.54. The number of hydrogen-bond acceptors (Lipinski definition) is 7. The van der Waals surface area contributed by atoms with Crippen LogP contribution in [-0.4, -0.2) is 56.0 Å². The Hall–Kier alpha value is -3.21. The first kappa shape index (κ1) is 21.8. The van der Waals surface area contributed by atoms with Crippen molar-refractivity contribution in [3.63, 3.8) is 0 Å². The van der Waals surface area contributed by atoms with Gasteiger partial charge in [0.2, 0.25) is 11.8 Å². The number of carbonyl (C=O) groups excluding carboxylic acids is 2. The highest BCUT2D eigenvalue weighted by molar-refractivity contribution is 7.99. The van der Waals surface area contributed by atoms with Crippen LogP contribution >= 0.6 is 11.8 Å². The molecular weight excluding hydrogens is 380 g/mol. The second-order valence-electron chi connectivity index (χ2n) is 5.30. The van der Waals surface area contributed by atoms with Crippen molar-refractivity contribution in [2.75, 3.05) is 5.75 Å². The third-order valence-electron chi connectivity index (χ3n) is 3.05. The minimum absolute atomic E-state index is 0.0179. The monoisotopic (exact) mass is 398 g/mol. The minimum atomic E-state index is -1.43. The standard InChI is InChI=1S/C16H18N2O8S/c1-7(19)17-10(15(23)24)5-9-3-4-12(21)13(22)14(9)27-6-11(16(25)26)18-8(2)20/h3-5,11,21-22H,6H2,1-2H3,(H,17,19)(H,18,20)(H,23,24)(H,25,26)/b10-5-/t11-/m0/s1. The Kier molecular flexibility index (Phi) is 7.66. The molecule has 0 heterocycles. The van der Waals surface area contributed by atoms with E-state index < -0.39 is 47.0 Å². The molecule has 1 atom stereocenters. The van der Waals surface area contributed by atoms with E-state index in [-0.39, 0.29) is 16.2 Å². The van der Waals surface area contributed by atoms with Crippen molar-refractivity contribution in [1.29, 1.82) is 0 Å². The predicted octanol–water partition coefficient (Wildman–Crippen LogP) is 0.341. The highest BCUT2D eigenvalue weighted by Crippen LogP contribution is 2.39. The molecule has 11 heteroatoms. The molecule has 10 nitrogen and oxygen atoms in total. The Morgan fingerprint density at radius 3 is 2.22 bits per heavy atom. The molecule has 0 aliphatic rings. The first-order valence-corrected chi connectivity index (χ1v) is 8.41. The lowest BCUT2D eigenvalue weighted by Gasteiger charge is -2.15. The van der Waals surface area contributed by atoms with Gasteiger partial charge in [-0.25, -0.2) is 9.59 Å². The van der Waals surface area contributed by atoms with Crippen molar-refractivity contribution in [3.05, 3.63) is 23.4 Å². The van der Waals surface area contributed by atoms with E-state index in [2.05, 4.69) is 10.6 Å². The van der Waals surface area contributed by atoms with Gasteiger partial charge in [0.1, 0.15) is 11.7 Å². The summed E-state index contributed by atoms with van der Waals surface area (Å²) in [7, 11) is 0. The lowest BCUT2D eigenvalue weighted by molar-refractivity contribution is -0.140. The molecule has 0 bridgehead atoms. The molecule has 1 aromatic carbocycles. The topological polar surface area (TPSA) is 173 Å². The molecular formula is C16H18N2O8S. The number of carbonyl (C=O) groups is 4. The van der Waals surface area contributed by atoms with Crippen LogP contribution in [0.1, 0.15) is 19.4 Å². The van der Waals surface area contributed by atoms with Gasteiger partial charge in [0, 0.05) is 19.6 Å². The zero-order valence-corrected chi connectivity index (χ0v) is 15.2. The molecule has 2 amide bonds. The van der Waals surface area contributed by atoms with Crippen molar-refractivity contribution >= 4 is 41.6 Å². The van der Waals surface area contributed by atoms with E-state index in [0.29, 0.717) is 0 Å². The molecule has 0 aromatic heterocycles. The van der Waals surface area contributed by atoms with E-state index in [4.69, 9.17) is 10.2 Å². The molecule has 1 rings (SSSR count). The smallest absolute Gasteiger partial charge is 0.352 e. The number of rotatable bonds is 8. The molecule has 0 unspecified atom stereocenters. The number of amides is 2. The molecule has 0 radical (unpaired) electrons. The summed E-state index contributed by atoms with van der Waals surface area (Å²) in [6.45, 7) is 2.26. The van der Waals surface area contributed by atoms with E-state index >= 15 is 0 Å². The van der Waals surface area contributed by atoms with E-state index in [9.17, 15) is 29.4 Å². The number of aromatic hydroxyl groups is 2. The number of thioether (sulfide) groups is 1. The van der Waals surface area contributed by atoms with Crippen molar-refractivity contribution in [2.24, 2.45) is 0 Å². The molecule has 0 saturated carbocycles. The highest BCUT2D eigenvalue weighted by atomic mass is 32.2. The fourth-order valence-corrected chi connectivity index (χ4v) is 3.02. The average molecular weight is 398 g/mol. The number of aliphatic carboxylic acids is 2. The summed E-state index contributed by atoms with van der Waals surface area (Å²) in [5.74, 6) is -5.24. The molecule has 1 aromatic rings. The number of benzene rings is 1. The van der Waals surface area contributed by atoms with Gasteiger partial charge in [-0.1, -0.05) is 0 Å². The van der Waals surface area contributed by atoms with Gasteiger partial charge >= 0.3 is 11.9 Å². The molecule has 0 fully saturated rings. The summed E-state index contributed by atoms with van der Waals surface area (Å²) in [4.78, 5) is 44.7. The van der Waals surface area contributed by atoms with Crippen LogP contribution in [0.3, 0.4) is 0 Å². The molecule has 0 aliphatic heterocycles. The third kappa shape index (κ3) is 6.55. The predicted molar refractivity (Wildman–Crippen MR) is 95.2 cm³/mol. The number of nitrogens with one attached hydrogen (secondary N) is 2. The first-order chi connectivity index (χ1) is 12.5. The summed E-state index contributed by atoms with van der Waals surface area (Å²) in [5, 5.41) is 42.4.